The molecule has 0 radical (unpaired) electrons. The lowest BCUT2D eigenvalue weighted by Crippen LogP contribution is -2.44. The van der Waals surface area contributed by atoms with Gasteiger partial charge in [0, 0.05) is 31.1 Å². The summed E-state index contributed by atoms with van der Waals surface area (Å²) < 4.78 is 5.45. The molecule has 0 amide bonds. The summed E-state index contributed by atoms with van der Waals surface area (Å²) in [6, 6.07) is 2.65. The Labute approximate surface area is 169 Å². The molecule has 0 aliphatic carbocycles. The third-order valence-corrected chi connectivity index (χ3v) is 4.89. The number of aliphatic imine (C=N–C) groups is 1. The highest BCUT2D eigenvalue weighted by atomic mass is 127. The van der Waals surface area contributed by atoms with Gasteiger partial charge in [0.05, 0.1) is 5.69 Å². The van der Waals surface area contributed by atoms with Gasteiger partial charge in [-0.15, -0.1) is 24.0 Å². The molecule has 0 saturated carbocycles. The zero-order valence-electron chi connectivity index (χ0n) is 16.0. The minimum atomic E-state index is 0. The van der Waals surface area contributed by atoms with Gasteiger partial charge in [-0.2, -0.15) is 0 Å². The number of nitrogens with zero attached hydrogens (tertiary/aromatic N) is 3. The lowest BCUT2D eigenvalue weighted by atomic mass is 9.99. The zero-order valence-corrected chi connectivity index (χ0v) is 18.4. The van der Waals surface area contributed by atoms with Crippen LogP contribution in [0.5, 0.6) is 0 Å². The van der Waals surface area contributed by atoms with Crippen molar-refractivity contribution in [3.8, 4) is 0 Å². The normalized spacial score (nSPS) is 18.4. The molecule has 0 spiro atoms. The summed E-state index contributed by atoms with van der Waals surface area (Å²) >= 11 is 0. The predicted octanol–water partition coefficient (Wildman–Crippen LogP) is 3.35. The number of hydrogen-bond donors (Lipinski definition) is 2. The second kappa shape index (κ2) is 11.7. The summed E-state index contributed by atoms with van der Waals surface area (Å²) in [5.74, 6) is 2.15. The Morgan fingerprint density at radius 3 is 2.72 bits per heavy atom. The molecule has 144 valence electrons. The summed E-state index contributed by atoms with van der Waals surface area (Å²) in [7, 11) is 2.19. The number of likely N-dealkylation sites (N-methyl/N-ethyl adjacent to an activating group) is 1. The van der Waals surface area contributed by atoms with E-state index in [2.05, 4.69) is 59.6 Å². The van der Waals surface area contributed by atoms with Gasteiger partial charge in [-0.25, -0.2) is 4.99 Å². The Hall–Kier alpha value is -0.830. The zero-order chi connectivity index (χ0) is 17.4. The molecular weight excluding hydrogens is 429 g/mol. The van der Waals surface area contributed by atoms with Gasteiger partial charge in [-0.1, -0.05) is 19.0 Å². The van der Waals surface area contributed by atoms with E-state index in [1.54, 1.807) is 0 Å². The molecule has 1 fully saturated rings. The number of likely N-dealkylation sites (tertiary alicyclic amines) is 1. The van der Waals surface area contributed by atoms with Crippen molar-refractivity contribution < 1.29 is 4.52 Å². The van der Waals surface area contributed by atoms with E-state index < -0.39 is 0 Å². The molecule has 2 rings (SSSR count). The molecule has 0 aromatic carbocycles. The third-order valence-electron chi connectivity index (χ3n) is 4.89. The molecule has 7 heteroatoms. The minimum absolute atomic E-state index is 0. The van der Waals surface area contributed by atoms with Crippen LogP contribution in [0.3, 0.4) is 0 Å². The highest BCUT2D eigenvalue weighted by molar-refractivity contribution is 14.0. The maximum Gasteiger partial charge on any atom is 0.191 e. The number of guanidine groups is 1. The average molecular weight is 463 g/mol. The van der Waals surface area contributed by atoms with Crippen LogP contribution in [0.1, 0.15) is 63.8 Å². The molecule has 1 aliphatic heterocycles. The van der Waals surface area contributed by atoms with Crippen molar-refractivity contribution in [2.24, 2.45) is 4.99 Å². The number of rotatable bonds is 8. The highest BCUT2D eigenvalue weighted by Crippen LogP contribution is 2.22. The van der Waals surface area contributed by atoms with Crippen LogP contribution in [-0.2, 0) is 6.54 Å². The summed E-state index contributed by atoms with van der Waals surface area (Å²) in [5, 5.41) is 11.0. The van der Waals surface area contributed by atoms with Crippen LogP contribution in [0.15, 0.2) is 15.6 Å². The Bertz CT molecular complexity index is 515. The summed E-state index contributed by atoms with van der Waals surface area (Å²) in [4.78, 5) is 7.05. The molecule has 1 aromatic rings. The van der Waals surface area contributed by atoms with Crippen molar-refractivity contribution in [1.29, 1.82) is 0 Å². The fraction of sp³-hybridized carbons (Fsp3) is 0.778. The number of nitrogens with one attached hydrogen (secondary N) is 2. The molecule has 2 N–H and O–H groups in total. The van der Waals surface area contributed by atoms with Crippen molar-refractivity contribution in [3.63, 3.8) is 0 Å². The first-order valence-electron chi connectivity index (χ1n) is 9.35. The van der Waals surface area contributed by atoms with E-state index in [9.17, 15) is 0 Å². The molecule has 1 aliphatic rings. The molecule has 6 nitrogen and oxygen atoms in total. The first-order chi connectivity index (χ1) is 11.7. The van der Waals surface area contributed by atoms with E-state index in [0.29, 0.717) is 18.5 Å². The monoisotopic (exact) mass is 463 g/mol. The van der Waals surface area contributed by atoms with Crippen LogP contribution >= 0.6 is 24.0 Å². The van der Waals surface area contributed by atoms with Gasteiger partial charge >= 0.3 is 0 Å². The first-order valence-corrected chi connectivity index (χ1v) is 9.35. The third kappa shape index (κ3) is 6.77. The van der Waals surface area contributed by atoms with Gasteiger partial charge in [0.25, 0.3) is 0 Å². The quantitative estimate of drug-likeness (QED) is 0.352. The number of aromatic nitrogens is 1. The summed E-state index contributed by atoms with van der Waals surface area (Å²) in [6.07, 6.45) is 4.72. The number of halogens is 1. The van der Waals surface area contributed by atoms with Crippen LogP contribution in [0.2, 0.25) is 0 Å². The van der Waals surface area contributed by atoms with Gasteiger partial charge in [0.2, 0.25) is 0 Å². The van der Waals surface area contributed by atoms with E-state index in [0.717, 1.165) is 43.3 Å². The van der Waals surface area contributed by atoms with Gasteiger partial charge < -0.3 is 20.1 Å². The second-order valence-electron chi connectivity index (χ2n) is 6.58. The van der Waals surface area contributed by atoms with Gasteiger partial charge in [-0.05, 0) is 46.2 Å². The number of hydrogen-bond acceptors (Lipinski definition) is 4. The van der Waals surface area contributed by atoms with E-state index in [1.807, 2.05) is 0 Å². The highest BCUT2D eigenvalue weighted by Gasteiger charge is 2.20. The second-order valence-corrected chi connectivity index (χ2v) is 6.58. The van der Waals surface area contributed by atoms with E-state index in [4.69, 9.17) is 4.52 Å². The van der Waals surface area contributed by atoms with Crippen molar-refractivity contribution in [3.05, 3.63) is 17.5 Å². The Morgan fingerprint density at radius 2 is 2.12 bits per heavy atom. The standard InChI is InChI=1S/C18H33N5O.HI/c1-5-14(6-2)17-11-16(24-22-17)13-21-18(19-7-3)20-12-15-9-8-10-23(15)4;/h11,14-15H,5-10,12-13H2,1-4H3,(H2,19,20,21);1H. The topological polar surface area (TPSA) is 65.7 Å². The van der Waals surface area contributed by atoms with Gasteiger partial charge in [0.1, 0.15) is 6.54 Å². The summed E-state index contributed by atoms with van der Waals surface area (Å²) in [6.45, 7) is 9.94. The molecular formula is C18H34IN5O. The minimum Gasteiger partial charge on any atom is -0.359 e. The van der Waals surface area contributed by atoms with Crippen LogP contribution < -0.4 is 10.6 Å². The first kappa shape index (κ1) is 22.2. The summed E-state index contributed by atoms with van der Waals surface area (Å²) in [5.41, 5.74) is 1.05. The van der Waals surface area contributed by atoms with Crippen molar-refractivity contribution in [2.45, 2.75) is 65.0 Å². The van der Waals surface area contributed by atoms with Crippen molar-refractivity contribution in [1.82, 2.24) is 20.7 Å². The maximum atomic E-state index is 5.45. The van der Waals surface area contributed by atoms with Crippen molar-refractivity contribution in [2.75, 3.05) is 26.7 Å². The fourth-order valence-electron chi connectivity index (χ4n) is 3.25. The van der Waals surface area contributed by atoms with Gasteiger partial charge in [-0.3, -0.25) is 0 Å². The fourth-order valence-corrected chi connectivity index (χ4v) is 3.25. The Balaban J connectivity index is 0.00000312. The molecule has 1 aromatic heterocycles. The average Bonchev–Trinajstić information content (AvgIpc) is 3.21. The van der Waals surface area contributed by atoms with Crippen LogP contribution in [0.25, 0.3) is 0 Å². The SMILES string of the molecule is CCNC(=NCc1cc(C(CC)CC)no1)NCC1CCCN1C.I. The lowest BCUT2D eigenvalue weighted by Gasteiger charge is -2.21. The molecule has 1 saturated heterocycles. The Morgan fingerprint density at radius 1 is 1.36 bits per heavy atom. The predicted molar refractivity (Wildman–Crippen MR) is 114 cm³/mol. The van der Waals surface area contributed by atoms with E-state index in [-0.39, 0.29) is 24.0 Å². The van der Waals surface area contributed by atoms with Crippen LogP contribution in [0.4, 0.5) is 0 Å². The van der Waals surface area contributed by atoms with Crippen LogP contribution in [0, 0.1) is 0 Å². The molecule has 1 atom stereocenters. The van der Waals surface area contributed by atoms with E-state index in [1.165, 1.54) is 19.4 Å². The molecule has 0 bridgehead atoms. The largest absolute Gasteiger partial charge is 0.359 e. The lowest BCUT2D eigenvalue weighted by molar-refractivity contribution is 0.309. The molecule has 2 heterocycles. The van der Waals surface area contributed by atoms with E-state index >= 15 is 0 Å². The van der Waals surface area contributed by atoms with Gasteiger partial charge in [0.15, 0.2) is 11.7 Å². The maximum absolute atomic E-state index is 5.45. The molecule has 25 heavy (non-hydrogen) atoms. The molecule has 1 unspecified atom stereocenters. The Kier molecular flexibility index (Phi) is 10.4. The van der Waals surface area contributed by atoms with Crippen molar-refractivity contribution >= 4 is 29.9 Å². The van der Waals surface area contributed by atoms with Crippen LogP contribution in [-0.4, -0.2) is 48.7 Å². The smallest absolute Gasteiger partial charge is 0.191 e.